The lowest BCUT2D eigenvalue weighted by Gasteiger charge is -2.11. The van der Waals surface area contributed by atoms with Gasteiger partial charge in [-0.2, -0.15) is 5.26 Å². The number of benzene rings is 1. The summed E-state index contributed by atoms with van der Waals surface area (Å²) < 4.78 is 0. The van der Waals surface area contributed by atoms with Crippen LogP contribution in [0.15, 0.2) is 30.3 Å². The van der Waals surface area contributed by atoms with Crippen LogP contribution in [0.5, 0.6) is 0 Å². The molecule has 1 saturated carbocycles. The Morgan fingerprint density at radius 2 is 2.06 bits per heavy atom. The summed E-state index contributed by atoms with van der Waals surface area (Å²) in [6.07, 6.45) is 1.31. The molecule has 1 aliphatic carbocycles. The minimum absolute atomic E-state index is 0.0296. The van der Waals surface area contributed by atoms with E-state index in [4.69, 9.17) is 0 Å². The molecule has 1 aromatic carbocycles. The smallest absolute Gasteiger partial charge is 0.0837 e. The summed E-state index contributed by atoms with van der Waals surface area (Å²) in [4.78, 5) is 0. The molecule has 0 radical (unpaired) electrons. The van der Waals surface area contributed by atoms with E-state index >= 15 is 0 Å². The Morgan fingerprint density at radius 3 is 2.59 bits per heavy atom. The molecule has 1 aliphatic rings. The number of nitrogens with one attached hydrogen (secondary N) is 1. The van der Waals surface area contributed by atoms with Gasteiger partial charge in [0.25, 0.3) is 0 Å². The molecule has 2 rings (SSSR count). The molecule has 0 heterocycles. The Balaban J connectivity index is 1.80. The van der Waals surface area contributed by atoms with Crippen LogP contribution in [0.3, 0.4) is 0 Å². The monoisotopic (exact) mass is 228 g/mol. The van der Waals surface area contributed by atoms with Crippen LogP contribution >= 0.6 is 0 Å². The molecule has 0 bridgehead atoms. The van der Waals surface area contributed by atoms with Gasteiger partial charge in [0.05, 0.1) is 12.0 Å². The Bertz CT molecular complexity index is 403. The van der Waals surface area contributed by atoms with Crippen LogP contribution < -0.4 is 5.32 Å². The van der Waals surface area contributed by atoms with E-state index in [9.17, 15) is 5.26 Å². The first-order chi connectivity index (χ1) is 8.13. The lowest BCUT2D eigenvalue weighted by Crippen LogP contribution is -2.24. The Hall–Kier alpha value is -1.33. The van der Waals surface area contributed by atoms with Crippen molar-refractivity contribution in [2.24, 2.45) is 11.3 Å². The van der Waals surface area contributed by atoms with E-state index in [0.29, 0.717) is 5.41 Å². The van der Waals surface area contributed by atoms with Gasteiger partial charge in [-0.3, -0.25) is 0 Å². The van der Waals surface area contributed by atoms with Gasteiger partial charge in [-0.05, 0) is 29.9 Å². The fourth-order valence-electron chi connectivity index (χ4n) is 2.25. The quantitative estimate of drug-likeness (QED) is 0.841. The average Bonchev–Trinajstić information content (AvgIpc) is 2.94. The zero-order valence-corrected chi connectivity index (χ0v) is 10.6. The van der Waals surface area contributed by atoms with Crippen molar-refractivity contribution in [2.45, 2.75) is 26.2 Å². The topological polar surface area (TPSA) is 35.8 Å². The Labute approximate surface area is 104 Å². The van der Waals surface area contributed by atoms with Crippen molar-refractivity contribution in [3.05, 3.63) is 35.9 Å². The first kappa shape index (κ1) is 12.1. The van der Waals surface area contributed by atoms with Gasteiger partial charge < -0.3 is 5.32 Å². The van der Waals surface area contributed by atoms with Gasteiger partial charge in [-0.15, -0.1) is 0 Å². The lowest BCUT2D eigenvalue weighted by atomic mass is 10.0. The number of hydrogen-bond acceptors (Lipinski definition) is 2. The molecule has 1 fully saturated rings. The summed E-state index contributed by atoms with van der Waals surface area (Å²) >= 11 is 0. The molecule has 0 saturated heterocycles. The number of nitriles is 1. The molecule has 90 valence electrons. The lowest BCUT2D eigenvalue weighted by molar-refractivity contribution is 0.515. The summed E-state index contributed by atoms with van der Waals surface area (Å²) in [7, 11) is 0. The Morgan fingerprint density at radius 1 is 1.41 bits per heavy atom. The van der Waals surface area contributed by atoms with Gasteiger partial charge in [-0.25, -0.2) is 0 Å². The van der Waals surface area contributed by atoms with Crippen LogP contribution in [0.2, 0.25) is 0 Å². The molecule has 1 N–H and O–H groups in total. The molecule has 1 aromatic rings. The molecule has 0 aliphatic heterocycles. The molecule has 2 nitrogen and oxygen atoms in total. The summed E-state index contributed by atoms with van der Waals surface area (Å²) in [6.45, 7) is 6.40. The largest absolute Gasteiger partial charge is 0.315 e. The van der Waals surface area contributed by atoms with Crippen molar-refractivity contribution in [3.8, 4) is 6.07 Å². The summed E-state index contributed by atoms with van der Waals surface area (Å²) in [5, 5.41) is 12.6. The van der Waals surface area contributed by atoms with Gasteiger partial charge in [0.1, 0.15) is 0 Å². The van der Waals surface area contributed by atoms with Crippen molar-refractivity contribution in [1.82, 2.24) is 5.32 Å². The van der Waals surface area contributed by atoms with Crippen molar-refractivity contribution in [1.29, 1.82) is 5.26 Å². The van der Waals surface area contributed by atoms with Crippen LogP contribution in [-0.2, 0) is 0 Å². The SMILES string of the molecule is CC1(C)CC1CNCC(C#N)c1ccccc1. The zero-order chi connectivity index (χ0) is 12.3. The highest BCUT2D eigenvalue weighted by atomic mass is 14.9. The molecule has 2 atom stereocenters. The minimum atomic E-state index is -0.0296. The molecular weight excluding hydrogens is 208 g/mol. The third-order valence-electron chi connectivity index (χ3n) is 3.81. The van der Waals surface area contributed by atoms with Crippen LogP contribution in [-0.4, -0.2) is 13.1 Å². The minimum Gasteiger partial charge on any atom is -0.315 e. The average molecular weight is 228 g/mol. The fraction of sp³-hybridized carbons (Fsp3) is 0.533. The first-order valence-corrected chi connectivity index (χ1v) is 6.29. The van der Waals surface area contributed by atoms with E-state index in [2.05, 4.69) is 25.2 Å². The predicted molar refractivity (Wildman–Crippen MR) is 69.6 cm³/mol. The van der Waals surface area contributed by atoms with Crippen molar-refractivity contribution >= 4 is 0 Å². The van der Waals surface area contributed by atoms with Gasteiger partial charge in [-0.1, -0.05) is 44.2 Å². The third-order valence-corrected chi connectivity index (χ3v) is 3.81. The third kappa shape index (κ3) is 3.08. The molecule has 0 aromatic heterocycles. The highest BCUT2D eigenvalue weighted by molar-refractivity contribution is 5.25. The normalized spacial score (nSPS) is 22.8. The highest BCUT2D eigenvalue weighted by Gasteiger charge is 2.44. The molecular formula is C15H20N2. The number of rotatable bonds is 5. The second-order valence-electron chi connectivity index (χ2n) is 5.64. The van der Waals surface area contributed by atoms with E-state index in [0.717, 1.165) is 24.6 Å². The van der Waals surface area contributed by atoms with E-state index in [1.54, 1.807) is 0 Å². The van der Waals surface area contributed by atoms with Gasteiger partial charge in [0.2, 0.25) is 0 Å². The van der Waals surface area contributed by atoms with E-state index in [1.807, 2.05) is 30.3 Å². The van der Waals surface area contributed by atoms with E-state index in [1.165, 1.54) is 6.42 Å². The molecule has 17 heavy (non-hydrogen) atoms. The summed E-state index contributed by atoms with van der Waals surface area (Å²) in [5.41, 5.74) is 1.62. The second kappa shape index (κ2) is 4.89. The van der Waals surface area contributed by atoms with Gasteiger partial charge in [0, 0.05) is 6.54 Å². The number of nitrogens with zero attached hydrogens (tertiary/aromatic N) is 1. The number of hydrogen-bond donors (Lipinski definition) is 1. The maximum atomic E-state index is 9.17. The predicted octanol–water partition coefficient (Wildman–Crippen LogP) is 2.93. The van der Waals surface area contributed by atoms with Crippen molar-refractivity contribution in [2.75, 3.05) is 13.1 Å². The van der Waals surface area contributed by atoms with Crippen molar-refractivity contribution < 1.29 is 0 Å². The maximum absolute atomic E-state index is 9.17. The summed E-state index contributed by atoms with van der Waals surface area (Å²) in [5.74, 6) is 0.760. The second-order valence-corrected chi connectivity index (χ2v) is 5.64. The fourth-order valence-corrected chi connectivity index (χ4v) is 2.25. The van der Waals surface area contributed by atoms with Crippen LogP contribution in [0.1, 0.15) is 31.7 Å². The van der Waals surface area contributed by atoms with Crippen LogP contribution in [0, 0.1) is 22.7 Å². The first-order valence-electron chi connectivity index (χ1n) is 6.29. The standard InChI is InChI=1S/C15H20N2/c1-15(2)8-14(15)11-17-10-13(9-16)12-6-4-3-5-7-12/h3-7,13-14,17H,8,10-11H2,1-2H3. The summed E-state index contributed by atoms with van der Waals surface area (Å²) in [6, 6.07) is 12.4. The highest BCUT2D eigenvalue weighted by Crippen LogP contribution is 2.50. The molecule has 2 unspecified atom stereocenters. The van der Waals surface area contributed by atoms with E-state index < -0.39 is 0 Å². The van der Waals surface area contributed by atoms with Gasteiger partial charge in [0.15, 0.2) is 0 Å². The molecule has 0 amide bonds. The molecule has 0 spiro atoms. The van der Waals surface area contributed by atoms with Crippen molar-refractivity contribution in [3.63, 3.8) is 0 Å². The van der Waals surface area contributed by atoms with Crippen LogP contribution in [0.25, 0.3) is 0 Å². The zero-order valence-electron chi connectivity index (χ0n) is 10.6. The molecule has 2 heteroatoms. The van der Waals surface area contributed by atoms with Gasteiger partial charge >= 0.3 is 0 Å². The van der Waals surface area contributed by atoms with Crippen LogP contribution in [0.4, 0.5) is 0 Å². The van der Waals surface area contributed by atoms with E-state index in [-0.39, 0.29) is 5.92 Å². The Kier molecular flexibility index (Phi) is 3.49. The maximum Gasteiger partial charge on any atom is 0.0837 e.